The molecule has 0 aliphatic rings. The topological polar surface area (TPSA) is 33.4 Å². The molecule has 1 heterocycles. The molecule has 47 heavy (non-hydrogen) atoms. The maximum Gasteiger partial charge on any atom is 0.134 e. The van der Waals surface area contributed by atoms with E-state index in [1.807, 2.05) is 24.3 Å². The molecule has 0 fully saturated rings. The SMILES string of the molecule is CC[Si](CC)(CC)c1cccc(-c2ccccc2)c1O.CC[Si](CC)(CC)c1cccc2c1oc1c([Si](CC)(CC)CC)cccc12. The van der Waals surface area contributed by atoms with E-state index in [-0.39, 0.29) is 0 Å². The molecule has 252 valence electrons. The molecule has 0 saturated carbocycles. The van der Waals surface area contributed by atoms with Crippen molar-refractivity contribution in [2.45, 2.75) is 117 Å². The average Bonchev–Trinajstić information content (AvgIpc) is 3.52. The zero-order chi connectivity index (χ0) is 34.2. The molecular weight excluding hydrogens is 621 g/mol. The van der Waals surface area contributed by atoms with E-state index in [1.165, 1.54) is 81.5 Å². The second-order valence-electron chi connectivity index (χ2n) is 13.6. The van der Waals surface area contributed by atoms with Crippen molar-refractivity contribution in [2.75, 3.05) is 0 Å². The molecule has 4 aromatic carbocycles. The van der Waals surface area contributed by atoms with E-state index in [2.05, 4.69) is 123 Å². The normalized spacial score (nSPS) is 12.4. The van der Waals surface area contributed by atoms with Crippen LogP contribution in [0.15, 0.2) is 89.3 Å². The van der Waals surface area contributed by atoms with Crippen molar-refractivity contribution in [3.63, 3.8) is 0 Å². The molecule has 0 bridgehead atoms. The number of hydrogen-bond acceptors (Lipinski definition) is 2. The second kappa shape index (κ2) is 16.0. The van der Waals surface area contributed by atoms with Crippen LogP contribution in [-0.4, -0.2) is 29.3 Å². The van der Waals surface area contributed by atoms with Gasteiger partial charge in [-0.15, -0.1) is 0 Å². The number of fused-ring (bicyclic) bond motifs is 3. The van der Waals surface area contributed by atoms with Crippen molar-refractivity contribution in [1.82, 2.24) is 0 Å². The van der Waals surface area contributed by atoms with E-state index in [0.29, 0.717) is 5.75 Å². The van der Waals surface area contributed by atoms with Gasteiger partial charge in [0.1, 0.15) is 16.9 Å². The van der Waals surface area contributed by atoms with Crippen molar-refractivity contribution in [3.8, 4) is 16.9 Å². The lowest BCUT2D eigenvalue weighted by Gasteiger charge is -2.30. The molecule has 0 unspecified atom stereocenters. The van der Waals surface area contributed by atoms with E-state index in [0.717, 1.165) is 11.1 Å². The first-order valence-corrected chi connectivity index (χ1v) is 26.4. The Hall–Kier alpha value is -2.87. The van der Waals surface area contributed by atoms with E-state index in [9.17, 15) is 5.11 Å². The number of benzene rings is 4. The van der Waals surface area contributed by atoms with Crippen LogP contribution in [0.2, 0.25) is 54.4 Å². The number of para-hydroxylation sites is 3. The van der Waals surface area contributed by atoms with Gasteiger partial charge < -0.3 is 9.52 Å². The van der Waals surface area contributed by atoms with Crippen LogP contribution in [-0.2, 0) is 0 Å². The molecular formula is C42H60O2Si3. The van der Waals surface area contributed by atoms with Gasteiger partial charge >= 0.3 is 0 Å². The summed E-state index contributed by atoms with van der Waals surface area (Å²) in [5.74, 6) is 0.510. The van der Waals surface area contributed by atoms with Gasteiger partial charge in [-0.1, -0.05) is 202 Å². The molecule has 1 N–H and O–H groups in total. The van der Waals surface area contributed by atoms with Crippen molar-refractivity contribution < 1.29 is 9.52 Å². The quantitative estimate of drug-likeness (QED) is 0.126. The number of aromatic hydroxyl groups is 1. The van der Waals surface area contributed by atoms with Crippen LogP contribution in [0.5, 0.6) is 5.75 Å². The Balaban J connectivity index is 0.000000223. The summed E-state index contributed by atoms with van der Waals surface area (Å²) in [4.78, 5) is 0. The predicted octanol–water partition coefficient (Wildman–Crippen LogP) is 11.8. The molecule has 0 radical (unpaired) electrons. The van der Waals surface area contributed by atoms with Gasteiger partial charge in [0.25, 0.3) is 0 Å². The Morgan fingerprint density at radius 1 is 0.426 bits per heavy atom. The highest BCUT2D eigenvalue weighted by molar-refractivity contribution is 6.94. The Kier molecular flexibility index (Phi) is 12.6. The summed E-state index contributed by atoms with van der Waals surface area (Å²) in [6.07, 6.45) is 0. The summed E-state index contributed by atoms with van der Waals surface area (Å²) in [7, 11) is -4.54. The first-order chi connectivity index (χ1) is 22.7. The molecule has 5 rings (SSSR count). The third-order valence-electron chi connectivity index (χ3n) is 12.5. The van der Waals surface area contributed by atoms with Gasteiger partial charge in [0, 0.05) is 16.3 Å². The molecule has 0 atom stereocenters. The van der Waals surface area contributed by atoms with Crippen LogP contribution >= 0.6 is 0 Å². The van der Waals surface area contributed by atoms with Gasteiger partial charge in [-0.05, 0) is 21.1 Å². The molecule has 0 saturated heterocycles. The van der Waals surface area contributed by atoms with Gasteiger partial charge in [-0.25, -0.2) is 0 Å². The minimum atomic E-state index is -1.55. The third kappa shape index (κ3) is 6.73. The van der Waals surface area contributed by atoms with Crippen LogP contribution in [0.25, 0.3) is 33.1 Å². The molecule has 0 spiro atoms. The third-order valence-corrected chi connectivity index (χ3v) is 29.3. The van der Waals surface area contributed by atoms with Crippen LogP contribution < -0.4 is 15.6 Å². The highest BCUT2D eigenvalue weighted by atomic mass is 28.3. The number of hydrogen-bond donors (Lipinski definition) is 1. The minimum absolute atomic E-state index is 0.510. The van der Waals surface area contributed by atoms with Crippen molar-refractivity contribution in [2.24, 2.45) is 0 Å². The lowest BCUT2D eigenvalue weighted by Crippen LogP contribution is -2.46. The molecule has 0 amide bonds. The molecule has 0 aliphatic carbocycles. The fourth-order valence-electron chi connectivity index (χ4n) is 8.44. The smallest absolute Gasteiger partial charge is 0.134 e. The van der Waals surface area contributed by atoms with Gasteiger partial charge in [0.05, 0.1) is 24.2 Å². The summed E-state index contributed by atoms with van der Waals surface area (Å²) < 4.78 is 6.81. The summed E-state index contributed by atoms with van der Waals surface area (Å²) in [6.45, 7) is 21.1. The summed E-state index contributed by atoms with van der Waals surface area (Å²) in [5.41, 5.74) is 4.46. The fourth-order valence-corrected chi connectivity index (χ4v) is 19.7. The number of phenolic OH excluding ortho intramolecular Hbond substituents is 1. The summed E-state index contributed by atoms with van der Waals surface area (Å²) >= 11 is 0. The van der Waals surface area contributed by atoms with E-state index < -0.39 is 24.2 Å². The molecule has 5 aromatic rings. The van der Waals surface area contributed by atoms with Gasteiger partial charge in [-0.3, -0.25) is 0 Å². The Labute approximate surface area is 288 Å². The Bertz CT molecular complexity index is 1630. The van der Waals surface area contributed by atoms with Crippen molar-refractivity contribution in [3.05, 3.63) is 84.9 Å². The highest BCUT2D eigenvalue weighted by Crippen LogP contribution is 2.34. The van der Waals surface area contributed by atoms with Crippen molar-refractivity contribution >= 4 is 61.7 Å². The average molecular weight is 681 g/mol. The first kappa shape index (κ1) is 37.0. The minimum Gasteiger partial charge on any atom is -0.507 e. The summed E-state index contributed by atoms with van der Waals surface area (Å²) in [5, 5.41) is 17.8. The molecule has 2 nitrogen and oxygen atoms in total. The van der Waals surface area contributed by atoms with Crippen LogP contribution in [0, 0.1) is 0 Å². The van der Waals surface area contributed by atoms with E-state index in [1.54, 1.807) is 10.4 Å². The van der Waals surface area contributed by atoms with Crippen molar-refractivity contribution in [1.29, 1.82) is 0 Å². The monoisotopic (exact) mass is 680 g/mol. The lowest BCUT2D eigenvalue weighted by atomic mass is 10.1. The molecule has 5 heteroatoms. The van der Waals surface area contributed by atoms with E-state index >= 15 is 0 Å². The Morgan fingerprint density at radius 2 is 0.787 bits per heavy atom. The number of phenols is 1. The molecule has 0 aliphatic heterocycles. The maximum absolute atomic E-state index is 10.8. The van der Waals surface area contributed by atoms with Crippen LogP contribution in [0.4, 0.5) is 0 Å². The largest absolute Gasteiger partial charge is 0.507 e. The zero-order valence-corrected chi connectivity index (χ0v) is 33.8. The van der Waals surface area contributed by atoms with E-state index in [4.69, 9.17) is 4.42 Å². The summed E-state index contributed by atoms with van der Waals surface area (Å²) in [6, 6.07) is 41.6. The fraction of sp³-hybridized carbons (Fsp3) is 0.429. The highest BCUT2D eigenvalue weighted by Gasteiger charge is 2.35. The zero-order valence-electron chi connectivity index (χ0n) is 30.8. The van der Waals surface area contributed by atoms with Gasteiger partial charge in [0.2, 0.25) is 0 Å². The number of furan rings is 1. The molecule has 1 aromatic heterocycles. The maximum atomic E-state index is 10.8. The van der Waals surface area contributed by atoms with Gasteiger partial charge in [-0.2, -0.15) is 0 Å². The first-order valence-electron chi connectivity index (χ1n) is 18.6. The Morgan fingerprint density at radius 3 is 1.19 bits per heavy atom. The van der Waals surface area contributed by atoms with Gasteiger partial charge in [0.15, 0.2) is 0 Å². The lowest BCUT2D eigenvalue weighted by molar-refractivity contribution is 0.481. The standard InChI is InChI=1S/C24H36OSi2.C18H24OSi/c1-7-26(8-2,9-3)21-17-13-15-19-20-16-14-18-22(24(20)25-23(19)21)27(10-4,11-5)12-6;1-4-20(5-2,6-3)17-14-10-13-16(18(17)19)15-11-8-7-9-12-15/h13-18H,7-12H2,1-6H3;7-14,19H,4-6H2,1-3H3. The van der Waals surface area contributed by atoms with Crippen LogP contribution in [0.1, 0.15) is 62.3 Å². The predicted molar refractivity (Wildman–Crippen MR) is 218 cm³/mol. The number of rotatable bonds is 13. The second-order valence-corrected chi connectivity index (χ2v) is 29.2. The van der Waals surface area contributed by atoms with Crippen LogP contribution in [0.3, 0.4) is 0 Å².